The van der Waals surface area contributed by atoms with E-state index in [1.165, 1.54) is 0 Å². The predicted molar refractivity (Wildman–Crippen MR) is 70.8 cm³/mol. The maximum absolute atomic E-state index is 11.6. The van der Waals surface area contributed by atoms with E-state index in [1.807, 2.05) is 24.3 Å². The van der Waals surface area contributed by atoms with Gasteiger partial charge < -0.3 is 16.2 Å². The van der Waals surface area contributed by atoms with Gasteiger partial charge in [-0.05, 0) is 18.1 Å². The number of amides is 1. The molecule has 0 aliphatic carbocycles. The molecule has 1 aromatic carbocycles. The number of carboxylic acids is 1. The smallest absolute Gasteiger partial charge is 0.303 e. The average molecular weight is 315 g/mol. The van der Waals surface area contributed by atoms with Gasteiger partial charge in [0, 0.05) is 17.4 Å². The molecular weight excluding hydrogens is 300 g/mol. The van der Waals surface area contributed by atoms with Crippen LogP contribution in [0.15, 0.2) is 28.7 Å². The number of hydrogen-bond acceptors (Lipinski definition) is 3. The van der Waals surface area contributed by atoms with Crippen molar-refractivity contribution in [3.63, 3.8) is 0 Å². The number of halogens is 1. The van der Waals surface area contributed by atoms with Gasteiger partial charge in [-0.25, -0.2) is 0 Å². The summed E-state index contributed by atoms with van der Waals surface area (Å²) in [6, 6.07) is 6.73. The number of carboxylic acid groups (broad SMARTS) is 1. The van der Waals surface area contributed by atoms with Crippen LogP contribution in [-0.4, -0.2) is 23.0 Å². The van der Waals surface area contributed by atoms with Gasteiger partial charge in [-0.15, -0.1) is 0 Å². The lowest BCUT2D eigenvalue weighted by Gasteiger charge is -2.11. The van der Waals surface area contributed by atoms with Gasteiger partial charge in [0.05, 0.1) is 6.04 Å². The molecule has 0 aliphatic rings. The van der Waals surface area contributed by atoms with Crippen LogP contribution in [0.2, 0.25) is 0 Å². The minimum absolute atomic E-state index is 0.108. The first-order chi connectivity index (χ1) is 8.50. The minimum Gasteiger partial charge on any atom is -0.481 e. The summed E-state index contributed by atoms with van der Waals surface area (Å²) < 4.78 is 0.907. The first-order valence-electron chi connectivity index (χ1n) is 5.49. The molecule has 0 aliphatic heterocycles. The summed E-state index contributed by atoms with van der Waals surface area (Å²) in [4.78, 5) is 22.0. The lowest BCUT2D eigenvalue weighted by molar-refractivity contribution is -0.137. The number of carbonyl (C=O) groups excluding carboxylic acids is 1. The molecule has 0 saturated heterocycles. The molecule has 18 heavy (non-hydrogen) atoms. The number of carbonyl (C=O) groups is 2. The SMILES string of the molecule is NC(CCC(=O)O)C(=O)NCc1ccccc1Br. The predicted octanol–water partition coefficient (Wildman–Crippen LogP) is 1.26. The van der Waals surface area contributed by atoms with Crippen molar-refractivity contribution < 1.29 is 14.7 Å². The summed E-state index contributed by atoms with van der Waals surface area (Å²) in [5.74, 6) is -1.30. The van der Waals surface area contributed by atoms with Crippen molar-refractivity contribution in [1.82, 2.24) is 5.32 Å². The van der Waals surface area contributed by atoms with E-state index >= 15 is 0 Å². The van der Waals surface area contributed by atoms with Crippen molar-refractivity contribution >= 4 is 27.8 Å². The maximum Gasteiger partial charge on any atom is 0.303 e. The number of nitrogens with two attached hydrogens (primary N) is 1. The molecule has 0 spiro atoms. The zero-order valence-electron chi connectivity index (χ0n) is 9.73. The number of rotatable bonds is 6. The molecule has 1 aromatic rings. The van der Waals surface area contributed by atoms with Crippen LogP contribution < -0.4 is 11.1 Å². The Bertz CT molecular complexity index is 437. The number of benzene rings is 1. The molecule has 0 heterocycles. The second-order valence-electron chi connectivity index (χ2n) is 3.85. The summed E-state index contributed by atoms with van der Waals surface area (Å²) in [5, 5.41) is 11.2. The normalized spacial score (nSPS) is 11.9. The van der Waals surface area contributed by atoms with E-state index in [0.29, 0.717) is 6.54 Å². The van der Waals surface area contributed by atoms with Crippen molar-refractivity contribution in [2.24, 2.45) is 5.73 Å². The van der Waals surface area contributed by atoms with Crippen molar-refractivity contribution in [3.05, 3.63) is 34.3 Å². The van der Waals surface area contributed by atoms with Crippen LogP contribution in [0.4, 0.5) is 0 Å². The Balaban J connectivity index is 2.41. The van der Waals surface area contributed by atoms with E-state index in [4.69, 9.17) is 10.8 Å². The van der Waals surface area contributed by atoms with Crippen LogP contribution in [0, 0.1) is 0 Å². The van der Waals surface area contributed by atoms with Gasteiger partial charge in [0.15, 0.2) is 0 Å². The summed E-state index contributed by atoms with van der Waals surface area (Å²) in [5.41, 5.74) is 6.52. The third kappa shape index (κ3) is 4.85. The third-order valence-electron chi connectivity index (χ3n) is 2.42. The van der Waals surface area contributed by atoms with Crippen LogP contribution in [0.25, 0.3) is 0 Å². The first-order valence-corrected chi connectivity index (χ1v) is 6.28. The van der Waals surface area contributed by atoms with E-state index < -0.39 is 12.0 Å². The van der Waals surface area contributed by atoms with E-state index in [1.54, 1.807) is 0 Å². The zero-order chi connectivity index (χ0) is 13.5. The average Bonchev–Trinajstić information content (AvgIpc) is 2.34. The molecule has 0 bridgehead atoms. The number of hydrogen-bond donors (Lipinski definition) is 3. The van der Waals surface area contributed by atoms with Gasteiger partial charge in [-0.3, -0.25) is 9.59 Å². The van der Waals surface area contributed by atoms with Crippen molar-refractivity contribution in [1.29, 1.82) is 0 Å². The monoisotopic (exact) mass is 314 g/mol. The third-order valence-corrected chi connectivity index (χ3v) is 3.19. The lowest BCUT2D eigenvalue weighted by atomic mass is 10.1. The first kappa shape index (κ1) is 14.7. The second kappa shape index (κ2) is 7.13. The molecule has 0 radical (unpaired) electrons. The van der Waals surface area contributed by atoms with E-state index in [2.05, 4.69) is 21.2 Å². The van der Waals surface area contributed by atoms with Crippen molar-refractivity contribution in [2.45, 2.75) is 25.4 Å². The van der Waals surface area contributed by atoms with Crippen LogP contribution in [-0.2, 0) is 16.1 Å². The van der Waals surface area contributed by atoms with Gasteiger partial charge in [0.1, 0.15) is 0 Å². The Morgan fingerprint density at radius 2 is 2.06 bits per heavy atom. The van der Waals surface area contributed by atoms with Crippen LogP contribution in [0.1, 0.15) is 18.4 Å². The molecule has 1 unspecified atom stereocenters. The summed E-state index contributed by atoms with van der Waals surface area (Å²) >= 11 is 3.37. The molecule has 1 amide bonds. The van der Waals surface area contributed by atoms with Gasteiger partial charge in [-0.2, -0.15) is 0 Å². The van der Waals surface area contributed by atoms with E-state index in [9.17, 15) is 9.59 Å². The summed E-state index contributed by atoms with van der Waals surface area (Å²) in [7, 11) is 0. The van der Waals surface area contributed by atoms with Crippen molar-refractivity contribution in [3.8, 4) is 0 Å². The molecule has 98 valence electrons. The highest BCUT2D eigenvalue weighted by Crippen LogP contribution is 2.15. The molecule has 4 N–H and O–H groups in total. The maximum atomic E-state index is 11.6. The van der Waals surface area contributed by atoms with Gasteiger partial charge in [-0.1, -0.05) is 34.1 Å². The molecule has 5 nitrogen and oxygen atoms in total. The highest BCUT2D eigenvalue weighted by molar-refractivity contribution is 9.10. The fourth-order valence-corrected chi connectivity index (χ4v) is 1.79. The number of aliphatic carboxylic acids is 1. The molecule has 0 aromatic heterocycles. The van der Waals surface area contributed by atoms with Crippen LogP contribution >= 0.6 is 15.9 Å². The molecule has 6 heteroatoms. The minimum atomic E-state index is -0.955. The highest BCUT2D eigenvalue weighted by Gasteiger charge is 2.14. The Morgan fingerprint density at radius 3 is 2.67 bits per heavy atom. The Morgan fingerprint density at radius 1 is 1.39 bits per heavy atom. The van der Waals surface area contributed by atoms with Gasteiger partial charge in [0.2, 0.25) is 5.91 Å². The Labute approximate surface area is 113 Å². The quantitative estimate of drug-likeness (QED) is 0.737. The molecule has 0 saturated carbocycles. The standard InChI is InChI=1S/C12H15BrN2O3/c13-9-4-2-1-3-8(9)7-15-12(18)10(14)5-6-11(16)17/h1-4,10H,5-7,14H2,(H,15,18)(H,16,17). The fourth-order valence-electron chi connectivity index (χ4n) is 1.37. The van der Waals surface area contributed by atoms with Gasteiger partial charge in [0.25, 0.3) is 0 Å². The largest absolute Gasteiger partial charge is 0.481 e. The fraction of sp³-hybridized carbons (Fsp3) is 0.333. The summed E-state index contributed by atoms with van der Waals surface area (Å²) in [6.07, 6.45) is 0.0285. The topological polar surface area (TPSA) is 92.4 Å². The highest BCUT2D eigenvalue weighted by atomic mass is 79.9. The lowest BCUT2D eigenvalue weighted by Crippen LogP contribution is -2.40. The Kier molecular flexibility index (Phi) is 5.80. The van der Waals surface area contributed by atoms with Gasteiger partial charge >= 0.3 is 5.97 Å². The molecular formula is C12H15BrN2O3. The van der Waals surface area contributed by atoms with Crippen LogP contribution in [0.5, 0.6) is 0 Å². The van der Waals surface area contributed by atoms with Crippen molar-refractivity contribution in [2.75, 3.05) is 0 Å². The molecule has 0 fully saturated rings. The molecule has 1 rings (SSSR count). The van der Waals surface area contributed by atoms with E-state index in [0.717, 1.165) is 10.0 Å². The summed E-state index contributed by atoms with van der Waals surface area (Å²) in [6.45, 7) is 0.362. The second-order valence-corrected chi connectivity index (χ2v) is 4.70. The Hall–Kier alpha value is -1.40. The number of nitrogens with one attached hydrogen (secondary N) is 1. The van der Waals surface area contributed by atoms with Crippen LogP contribution in [0.3, 0.4) is 0 Å². The zero-order valence-corrected chi connectivity index (χ0v) is 11.3. The van der Waals surface area contributed by atoms with E-state index in [-0.39, 0.29) is 18.7 Å². The molecule has 1 atom stereocenters.